The van der Waals surface area contributed by atoms with Crippen LogP contribution in [0.5, 0.6) is 0 Å². The fourth-order valence-electron chi connectivity index (χ4n) is 13.1. The molecule has 16 nitrogen and oxygen atoms in total. The van der Waals surface area contributed by atoms with Crippen LogP contribution in [0.2, 0.25) is 0 Å². The van der Waals surface area contributed by atoms with Crippen LogP contribution in [0.25, 0.3) is 0 Å². The molecule has 2 aromatic rings. The van der Waals surface area contributed by atoms with E-state index in [0.29, 0.717) is 74.2 Å². The molecule has 412 valence electrons. The number of benzene rings is 2. The Bertz CT molecular complexity index is 2420. The minimum atomic E-state index is -0.744. The lowest BCUT2D eigenvalue weighted by atomic mass is 9.83. The van der Waals surface area contributed by atoms with Crippen LogP contribution in [0, 0.1) is 22.7 Å². The summed E-state index contributed by atoms with van der Waals surface area (Å²) >= 11 is 14.7. The Morgan fingerprint density at radius 2 is 0.921 bits per heavy atom. The second-order valence-corrected chi connectivity index (χ2v) is 27.1. The van der Waals surface area contributed by atoms with E-state index >= 15 is 0 Å². The van der Waals surface area contributed by atoms with Crippen LogP contribution in [0.1, 0.15) is 127 Å². The first-order valence-electron chi connectivity index (χ1n) is 27.4. The molecule has 0 spiro atoms. The molecule has 4 saturated heterocycles. The zero-order chi connectivity index (χ0) is 54.4. The second kappa shape index (κ2) is 23.2. The van der Waals surface area contributed by atoms with Crippen molar-refractivity contribution in [2.75, 3.05) is 25.6 Å². The molecule has 7 aliphatic rings. The van der Waals surface area contributed by atoms with Crippen molar-refractivity contribution in [3.63, 3.8) is 0 Å². The van der Waals surface area contributed by atoms with Crippen molar-refractivity contribution in [1.82, 2.24) is 52.3 Å². The van der Waals surface area contributed by atoms with Crippen LogP contribution in [-0.4, -0.2) is 140 Å². The summed E-state index contributed by atoms with van der Waals surface area (Å²) < 4.78 is 0. The molecule has 12 atom stereocenters. The van der Waals surface area contributed by atoms with Crippen molar-refractivity contribution < 1.29 is 28.8 Å². The summed E-state index contributed by atoms with van der Waals surface area (Å²) in [6.07, 6.45) is 6.09. The molecule has 0 unspecified atom stereocenters. The standard InChI is InChI=1S/C56H78N10O6S4/c1-29(57-7)51(73)61-39-21-23-75-41-27-55(3,4)45(65(41)53(39)71)49(69)63-43-35-15-11-9-13-31(35)25-37(43)47(67)59-33-17-19-34(20-18-33)60-48(68)38-26-32-14-10-12-16-36(32)44(38)64-50(70)46-56(5,6)28-42-66(46)54(72)40(22-24-76-42)62-52(74)30(2)58-8/h9-16,29-30,33-34,37-46,57-58H,17-28H2,1-8H3,(H,59,67)(H,60,68)(H,61,73)(H,62,74)(H,63,69)(H,64,70)/t29-,30-,33-,34-,37+,38+,39-,40-,41-,42-,43-,44-,45+,46+/m0/s1. The monoisotopic (exact) mass is 1110 g/mol. The Labute approximate surface area is 467 Å². The summed E-state index contributed by atoms with van der Waals surface area (Å²) in [5.74, 6) is -0.650. The predicted octanol–water partition coefficient (Wildman–Crippen LogP) is 4.56. The van der Waals surface area contributed by atoms with E-state index in [9.17, 15) is 28.8 Å². The van der Waals surface area contributed by atoms with Gasteiger partial charge in [0.25, 0.3) is 0 Å². The molecule has 0 bridgehead atoms. The number of amides is 6. The number of thiocarbonyl (C=S) groups is 2. The summed E-state index contributed by atoms with van der Waals surface area (Å²) in [6, 6.07) is 11.6. The van der Waals surface area contributed by atoms with Gasteiger partial charge in [0.15, 0.2) is 0 Å². The molecule has 1 saturated carbocycles. The number of carbonyl (C=O) groups is 6. The van der Waals surface area contributed by atoms with Crippen LogP contribution in [-0.2, 0) is 41.6 Å². The van der Waals surface area contributed by atoms with Gasteiger partial charge in [-0.15, -0.1) is 23.5 Å². The topological polar surface area (TPSA) is 205 Å². The summed E-state index contributed by atoms with van der Waals surface area (Å²) in [5.41, 5.74) is 2.80. The number of fused-ring (bicyclic) bond motifs is 4. The van der Waals surface area contributed by atoms with Gasteiger partial charge in [-0.25, -0.2) is 0 Å². The van der Waals surface area contributed by atoms with Gasteiger partial charge in [0.2, 0.25) is 35.4 Å². The number of nitrogens with zero attached hydrogens (tertiary/aromatic N) is 2. The smallest absolute Gasteiger partial charge is 0.246 e. The third-order valence-corrected chi connectivity index (χ3v) is 21.0. The Morgan fingerprint density at radius 1 is 0.553 bits per heavy atom. The molecule has 8 N–H and O–H groups in total. The molecule has 0 aromatic heterocycles. The molecule has 6 amide bonds. The van der Waals surface area contributed by atoms with Gasteiger partial charge in [-0.2, -0.15) is 0 Å². The van der Waals surface area contributed by atoms with E-state index in [1.807, 2.05) is 104 Å². The number of hydrogen-bond donors (Lipinski definition) is 8. The van der Waals surface area contributed by atoms with E-state index in [1.54, 1.807) is 33.3 Å². The molecule has 3 aliphatic carbocycles. The van der Waals surface area contributed by atoms with Gasteiger partial charge in [-0.05, 0) is 137 Å². The third kappa shape index (κ3) is 11.4. The normalized spacial score (nSPS) is 32.0. The Balaban J connectivity index is 0.830. The molecular weight excluding hydrogens is 1040 g/mol. The van der Waals surface area contributed by atoms with Crippen LogP contribution in [0.4, 0.5) is 0 Å². The van der Waals surface area contributed by atoms with Crippen LogP contribution < -0.4 is 42.5 Å². The number of likely N-dealkylation sites (N-methyl/N-ethyl adjacent to an activating group) is 2. The maximum atomic E-state index is 14.8. The van der Waals surface area contributed by atoms with Crippen LogP contribution in [0.15, 0.2) is 48.5 Å². The van der Waals surface area contributed by atoms with Crippen molar-refractivity contribution >= 4 is 93.4 Å². The van der Waals surface area contributed by atoms with E-state index in [4.69, 9.17) is 24.4 Å². The highest BCUT2D eigenvalue weighted by Crippen LogP contribution is 2.49. The molecule has 76 heavy (non-hydrogen) atoms. The van der Waals surface area contributed by atoms with E-state index in [-0.39, 0.29) is 70.4 Å². The molecular formula is C56H78N10O6S4. The SMILES string of the molecule is CN[C@@H](C)C(=S)N[C@H]1CCS[C@H]2CC(C)(C)[C@@H](C(=O)N[C@H]3c4ccccc4C[C@H]3C(=O)N[C@H]3CC[C@H](NC(=O)[C@@H]4Cc5ccccc5[C@@H]4NC(=O)[C@H]4N5C(=O)[C@@H](NC(=S)[C@H](C)NC)CCS[C@H]5CC4(C)C)CC3)N2C1=O. The molecule has 0 radical (unpaired) electrons. The first kappa shape index (κ1) is 56.4. The molecule has 20 heteroatoms. The molecule has 2 aromatic carbocycles. The first-order valence-corrected chi connectivity index (χ1v) is 30.3. The van der Waals surface area contributed by atoms with Crippen molar-refractivity contribution in [2.24, 2.45) is 22.7 Å². The third-order valence-electron chi connectivity index (χ3n) is 17.5. The maximum absolute atomic E-state index is 14.8. The minimum absolute atomic E-state index is 0.115. The number of thioether (sulfide) groups is 2. The Kier molecular flexibility index (Phi) is 17.2. The number of rotatable bonds is 14. The van der Waals surface area contributed by atoms with E-state index in [1.165, 1.54) is 0 Å². The highest BCUT2D eigenvalue weighted by Gasteiger charge is 2.57. The first-order chi connectivity index (χ1) is 36.2. The summed E-state index contributed by atoms with van der Waals surface area (Å²) in [5, 5.41) is 25.9. The number of nitrogens with one attached hydrogen (secondary N) is 8. The van der Waals surface area contributed by atoms with Crippen molar-refractivity contribution in [3.8, 4) is 0 Å². The van der Waals surface area contributed by atoms with E-state index in [0.717, 1.165) is 33.8 Å². The van der Waals surface area contributed by atoms with Gasteiger partial charge in [-0.3, -0.25) is 28.8 Å². The number of carbonyl (C=O) groups excluding carboxylic acids is 6. The lowest BCUT2D eigenvalue weighted by Crippen LogP contribution is -2.58. The van der Waals surface area contributed by atoms with Crippen molar-refractivity contribution in [3.05, 3.63) is 70.8 Å². The van der Waals surface area contributed by atoms with Gasteiger partial charge in [0, 0.05) is 12.1 Å². The molecule has 4 aliphatic heterocycles. The fraction of sp³-hybridized carbons (Fsp3) is 0.643. The van der Waals surface area contributed by atoms with Gasteiger partial charge in [0.05, 0.1) is 56.7 Å². The van der Waals surface area contributed by atoms with Crippen LogP contribution in [0.3, 0.4) is 0 Å². The lowest BCUT2D eigenvalue weighted by Gasteiger charge is -2.36. The van der Waals surface area contributed by atoms with Gasteiger partial charge >= 0.3 is 0 Å². The van der Waals surface area contributed by atoms with Crippen LogP contribution >= 0.6 is 48.0 Å². The van der Waals surface area contributed by atoms with E-state index in [2.05, 4.69) is 42.5 Å². The zero-order valence-electron chi connectivity index (χ0n) is 45.2. The Hall–Kier alpha value is -4.34. The Morgan fingerprint density at radius 3 is 1.29 bits per heavy atom. The number of hydrogen-bond acceptors (Lipinski definition) is 12. The highest BCUT2D eigenvalue weighted by atomic mass is 32.2. The quantitative estimate of drug-likeness (QED) is 0.122. The second-order valence-electron chi connectivity index (χ2n) is 23.6. The minimum Gasteiger partial charge on any atom is -0.367 e. The summed E-state index contributed by atoms with van der Waals surface area (Å²) in [4.78, 5) is 92.0. The van der Waals surface area contributed by atoms with Gasteiger partial charge in [-0.1, -0.05) is 101 Å². The highest BCUT2D eigenvalue weighted by molar-refractivity contribution is 8.00. The maximum Gasteiger partial charge on any atom is 0.246 e. The zero-order valence-corrected chi connectivity index (χ0v) is 48.4. The van der Waals surface area contributed by atoms with E-state index < -0.39 is 58.9 Å². The fourth-order valence-corrected chi connectivity index (χ4v) is 16.7. The van der Waals surface area contributed by atoms with Gasteiger partial charge < -0.3 is 52.3 Å². The van der Waals surface area contributed by atoms with Crippen molar-refractivity contribution in [1.29, 1.82) is 0 Å². The predicted molar refractivity (Wildman–Crippen MR) is 307 cm³/mol. The molecule has 5 fully saturated rings. The molecule has 4 heterocycles. The average molecular weight is 1120 g/mol. The molecule has 9 rings (SSSR count). The average Bonchev–Trinajstić information content (AvgIpc) is 4.06. The van der Waals surface area contributed by atoms with Gasteiger partial charge in [0.1, 0.15) is 24.2 Å². The largest absolute Gasteiger partial charge is 0.367 e. The summed E-state index contributed by atoms with van der Waals surface area (Å²) in [6.45, 7) is 12.1. The van der Waals surface area contributed by atoms with Crippen molar-refractivity contribution in [2.45, 2.75) is 177 Å². The summed E-state index contributed by atoms with van der Waals surface area (Å²) in [7, 11) is 3.65. The lowest BCUT2D eigenvalue weighted by molar-refractivity contribution is -0.143.